The van der Waals surface area contributed by atoms with Gasteiger partial charge in [0.05, 0.1) is 17.5 Å². The van der Waals surface area contributed by atoms with Crippen molar-refractivity contribution in [2.75, 3.05) is 17.3 Å². The first-order valence-electron chi connectivity index (χ1n) is 5.39. The van der Waals surface area contributed by atoms with Crippen molar-refractivity contribution in [3.8, 4) is 0 Å². The first kappa shape index (κ1) is 15.5. The van der Waals surface area contributed by atoms with Gasteiger partial charge in [0.25, 0.3) is 0 Å². The molecule has 0 aromatic heterocycles. The van der Waals surface area contributed by atoms with Crippen LogP contribution in [-0.4, -0.2) is 32.4 Å². The molecule has 0 fully saturated rings. The molecule has 0 aliphatic carbocycles. The van der Waals surface area contributed by atoms with Gasteiger partial charge in [-0.05, 0) is 18.6 Å². The number of nitrogens with two attached hydrogens (primary N) is 1. The summed E-state index contributed by atoms with van der Waals surface area (Å²) < 4.78 is 48.0. The van der Waals surface area contributed by atoms with Gasteiger partial charge in [-0.25, -0.2) is 17.2 Å². The Bertz CT molecular complexity index is 575. The minimum absolute atomic E-state index is 0.0956. The van der Waals surface area contributed by atoms with Crippen molar-refractivity contribution in [2.45, 2.75) is 12.5 Å². The van der Waals surface area contributed by atoms with Crippen LogP contribution in [-0.2, 0) is 14.6 Å². The maximum absolute atomic E-state index is 13.3. The van der Waals surface area contributed by atoms with Crippen LogP contribution in [0.5, 0.6) is 0 Å². The molecule has 0 aliphatic rings. The molecule has 0 bridgehead atoms. The summed E-state index contributed by atoms with van der Waals surface area (Å²) in [6, 6.07) is 2.21. The van der Waals surface area contributed by atoms with Crippen LogP contribution in [0.15, 0.2) is 18.2 Å². The molecule has 19 heavy (non-hydrogen) atoms. The number of hydrogen-bond acceptors (Lipinski definition) is 4. The third kappa shape index (κ3) is 4.92. The number of sulfone groups is 1. The molecule has 1 aromatic carbocycles. The monoisotopic (exact) mass is 292 g/mol. The van der Waals surface area contributed by atoms with Gasteiger partial charge in [0.15, 0.2) is 11.6 Å². The molecule has 0 spiro atoms. The van der Waals surface area contributed by atoms with E-state index in [9.17, 15) is 22.0 Å². The van der Waals surface area contributed by atoms with E-state index in [-0.39, 0.29) is 17.9 Å². The summed E-state index contributed by atoms with van der Waals surface area (Å²) in [7, 11) is -3.23. The maximum Gasteiger partial charge on any atom is 0.241 e. The fourth-order valence-electron chi connectivity index (χ4n) is 1.30. The first-order chi connectivity index (χ1) is 8.70. The largest absolute Gasteiger partial charge is 0.322 e. The van der Waals surface area contributed by atoms with E-state index in [1.165, 1.54) is 12.1 Å². The number of amides is 1. The normalized spacial score (nSPS) is 13.1. The SMILES string of the molecule is CS(=O)(=O)CCC(N)C(=O)Nc1cccc(F)c1F. The van der Waals surface area contributed by atoms with Crippen LogP contribution >= 0.6 is 0 Å². The number of carbonyl (C=O) groups is 1. The minimum Gasteiger partial charge on any atom is -0.322 e. The summed E-state index contributed by atoms with van der Waals surface area (Å²) in [5.74, 6) is -3.31. The van der Waals surface area contributed by atoms with Crippen molar-refractivity contribution >= 4 is 21.4 Å². The van der Waals surface area contributed by atoms with E-state index in [1.54, 1.807) is 0 Å². The highest BCUT2D eigenvalue weighted by molar-refractivity contribution is 7.90. The maximum atomic E-state index is 13.3. The molecule has 3 N–H and O–H groups in total. The van der Waals surface area contributed by atoms with Crippen molar-refractivity contribution < 1.29 is 22.0 Å². The molecule has 1 atom stereocenters. The van der Waals surface area contributed by atoms with Gasteiger partial charge >= 0.3 is 0 Å². The van der Waals surface area contributed by atoms with Gasteiger partial charge in [0.2, 0.25) is 5.91 Å². The van der Waals surface area contributed by atoms with Crippen molar-refractivity contribution in [3.05, 3.63) is 29.8 Å². The van der Waals surface area contributed by atoms with E-state index in [4.69, 9.17) is 5.73 Å². The molecular formula is C11H14F2N2O3S. The Morgan fingerprint density at radius 2 is 2.05 bits per heavy atom. The van der Waals surface area contributed by atoms with Gasteiger partial charge in [-0.2, -0.15) is 0 Å². The number of benzene rings is 1. The zero-order valence-electron chi connectivity index (χ0n) is 10.2. The number of nitrogens with one attached hydrogen (secondary N) is 1. The van der Waals surface area contributed by atoms with Crippen LogP contribution in [0.3, 0.4) is 0 Å². The lowest BCUT2D eigenvalue weighted by Crippen LogP contribution is -2.37. The molecule has 0 saturated carbocycles. The van der Waals surface area contributed by atoms with Gasteiger partial charge in [0, 0.05) is 6.26 Å². The molecule has 0 saturated heterocycles. The molecule has 1 aromatic rings. The highest BCUT2D eigenvalue weighted by atomic mass is 32.2. The molecular weight excluding hydrogens is 278 g/mol. The summed E-state index contributed by atoms with van der Waals surface area (Å²) in [4.78, 5) is 11.6. The van der Waals surface area contributed by atoms with Crippen LogP contribution in [0.2, 0.25) is 0 Å². The zero-order chi connectivity index (χ0) is 14.6. The van der Waals surface area contributed by atoms with E-state index in [2.05, 4.69) is 5.32 Å². The standard InChI is InChI=1S/C11H14F2N2O3S/c1-19(17,18)6-5-8(14)11(16)15-9-4-2-3-7(12)10(9)13/h2-4,8H,5-6,14H2,1H3,(H,15,16). The van der Waals surface area contributed by atoms with E-state index in [0.29, 0.717) is 0 Å². The van der Waals surface area contributed by atoms with E-state index in [0.717, 1.165) is 12.3 Å². The fourth-order valence-corrected chi connectivity index (χ4v) is 1.98. The van der Waals surface area contributed by atoms with Crippen molar-refractivity contribution in [1.29, 1.82) is 0 Å². The lowest BCUT2D eigenvalue weighted by Gasteiger charge is -2.12. The third-order valence-electron chi connectivity index (χ3n) is 2.35. The zero-order valence-corrected chi connectivity index (χ0v) is 11.0. The number of rotatable bonds is 5. The predicted octanol–water partition coefficient (Wildman–Crippen LogP) is 0.665. The van der Waals surface area contributed by atoms with E-state index >= 15 is 0 Å². The van der Waals surface area contributed by atoms with Gasteiger partial charge < -0.3 is 11.1 Å². The van der Waals surface area contributed by atoms with Gasteiger partial charge in [-0.15, -0.1) is 0 Å². The molecule has 0 heterocycles. The summed E-state index contributed by atoms with van der Waals surface area (Å²) in [6.45, 7) is 0. The predicted molar refractivity (Wildman–Crippen MR) is 67.3 cm³/mol. The molecule has 5 nitrogen and oxygen atoms in total. The molecule has 1 unspecified atom stereocenters. The van der Waals surface area contributed by atoms with Crippen molar-refractivity contribution in [1.82, 2.24) is 0 Å². The smallest absolute Gasteiger partial charge is 0.241 e. The van der Waals surface area contributed by atoms with Crippen molar-refractivity contribution in [3.63, 3.8) is 0 Å². The van der Waals surface area contributed by atoms with E-state index < -0.39 is 33.4 Å². The Balaban J connectivity index is 2.67. The highest BCUT2D eigenvalue weighted by Gasteiger charge is 2.18. The van der Waals surface area contributed by atoms with E-state index in [1.807, 2.05) is 0 Å². The van der Waals surface area contributed by atoms with Crippen LogP contribution in [0, 0.1) is 11.6 Å². The topological polar surface area (TPSA) is 89.3 Å². The first-order valence-corrected chi connectivity index (χ1v) is 7.45. The Morgan fingerprint density at radius 1 is 1.42 bits per heavy atom. The summed E-state index contributed by atoms with van der Waals surface area (Å²) in [5.41, 5.74) is 5.13. The molecule has 8 heteroatoms. The minimum atomic E-state index is -3.23. The second kappa shape index (κ2) is 6.07. The number of carbonyl (C=O) groups excluding carboxylic acids is 1. The second-order valence-corrected chi connectivity index (χ2v) is 6.38. The molecule has 0 aliphatic heterocycles. The second-order valence-electron chi connectivity index (χ2n) is 4.12. The Kier molecular flexibility index (Phi) is 4.96. The molecule has 0 radical (unpaired) electrons. The van der Waals surface area contributed by atoms with Crippen LogP contribution in [0.4, 0.5) is 14.5 Å². The lowest BCUT2D eigenvalue weighted by molar-refractivity contribution is -0.117. The fraction of sp³-hybridized carbons (Fsp3) is 0.364. The Morgan fingerprint density at radius 3 is 2.63 bits per heavy atom. The van der Waals surface area contributed by atoms with Crippen molar-refractivity contribution in [2.24, 2.45) is 5.73 Å². The molecule has 1 amide bonds. The average Bonchev–Trinajstić information content (AvgIpc) is 2.31. The van der Waals surface area contributed by atoms with Crippen LogP contribution in [0.25, 0.3) is 0 Å². The number of anilines is 1. The quantitative estimate of drug-likeness (QED) is 0.834. The lowest BCUT2D eigenvalue weighted by atomic mass is 10.2. The van der Waals surface area contributed by atoms with Gasteiger partial charge in [-0.3, -0.25) is 4.79 Å². The number of hydrogen-bond donors (Lipinski definition) is 2. The van der Waals surface area contributed by atoms with Gasteiger partial charge in [0.1, 0.15) is 9.84 Å². The average molecular weight is 292 g/mol. The summed E-state index contributed by atoms with van der Waals surface area (Å²) >= 11 is 0. The van der Waals surface area contributed by atoms with Gasteiger partial charge in [-0.1, -0.05) is 6.07 Å². The summed E-state index contributed by atoms with van der Waals surface area (Å²) in [6.07, 6.45) is 0.922. The summed E-state index contributed by atoms with van der Waals surface area (Å²) in [5, 5.41) is 2.11. The Labute approximate surface area is 109 Å². The van der Waals surface area contributed by atoms with Crippen LogP contribution in [0.1, 0.15) is 6.42 Å². The third-order valence-corrected chi connectivity index (χ3v) is 3.32. The molecule has 1 rings (SSSR count). The molecule has 106 valence electrons. The highest BCUT2D eigenvalue weighted by Crippen LogP contribution is 2.16. The Hall–Kier alpha value is -1.54. The van der Waals surface area contributed by atoms with Crippen LogP contribution < -0.4 is 11.1 Å². The number of halogens is 2.